The summed E-state index contributed by atoms with van der Waals surface area (Å²) in [6.45, 7) is 0.668. The van der Waals surface area contributed by atoms with Gasteiger partial charge in [-0.15, -0.1) is 0 Å². The summed E-state index contributed by atoms with van der Waals surface area (Å²) in [5.74, 6) is 1.30. The fourth-order valence-corrected chi connectivity index (χ4v) is 3.90. The minimum atomic E-state index is -0.339. The number of nitrogens with one attached hydrogen (secondary N) is 1. The number of carbonyl (C=O) groups excluding carboxylic acids is 2. The molecule has 1 aliphatic heterocycles. The molecule has 2 amide bonds. The van der Waals surface area contributed by atoms with E-state index in [2.05, 4.69) is 5.32 Å². The molecule has 1 atom stereocenters. The molecule has 1 saturated heterocycles. The molecule has 160 valence electrons. The first-order chi connectivity index (χ1) is 15.1. The van der Waals surface area contributed by atoms with Crippen LogP contribution in [0.25, 0.3) is 0 Å². The van der Waals surface area contributed by atoms with Gasteiger partial charge in [-0.1, -0.05) is 0 Å². The zero-order valence-corrected chi connectivity index (χ0v) is 17.5. The molecule has 1 aromatic heterocycles. The van der Waals surface area contributed by atoms with Crippen molar-refractivity contribution in [2.75, 3.05) is 26.1 Å². The van der Waals surface area contributed by atoms with Gasteiger partial charge in [0.1, 0.15) is 11.5 Å². The van der Waals surface area contributed by atoms with Gasteiger partial charge in [0.05, 0.1) is 26.5 Å². The summed E-state index contributed by atoms with van der Waals surface area (Å²) in [6, 6.07) is 15.7. The van der Waals surface area contributed by atoms with Gasteiger partial charge in [-0.2, -0.15) is 0 Å². The van der Waals surface area contributed by atoms with E-state index >= 15 is 0 Å². The highest BCUT2D eigenvalue weighted by Crippen LogP contribution is 2.39. The molecule has 1 aliphatic rings. The van der Waals surface area contributed by atoms with Crippen molar-refractivity contribution in [1.82, 2.24) is 4.90 Å². The van der Waals surface area contributed by atoms with Crippen molar-refractivity contribution in [2.24, 2.45) is 0 Å². The van der Waals surface area contributed by atoms with E-state index in [1.807, 2.05) is 23.1 Å². The maximum atomic E-state index is 13.3. The zero-order valence-electron chi connectivity index (χ0n) is 17.5. The molecule has 0 saturated carbocycles. The van der Waals surface area contributed by atoms with Crippen molar-refractivity contribution >= 4 is 17.5 Å². The Hall–Kier alpha value is -3.74. The van der Waals surface area contributed by atoms with Crippen molar-refractivity contribution in [2.45, 2.75) is 18.9 Å². The van der Waals surface area contributed by atoms with Gasteiger partial charge < -0.3 is 24.1 Å². The van der Waals surface area contributed by atoms with E-state index in [4.69, 9.17) is 13.9 Å². The van der Waals surface area contributed by atoms with E-state index in [1.54, 1.807) is 50.6 Å². The van der Waals surface area contributed by atoms with Crippen LogP contribution in [0, 0.1) is 0 Å². The smallest absolute Gasteiger partial charge is 0.291 e. The fraction of sp³-hybridized carbons (Fsp3) is 0.250. The molecular weight excluding hydrogens is 396 g/mol. The molecule has 1 N–H and O–H groups in total. The first-order valence-electron chi connectivity index (χ1n) is 10.1. The highest BCUT2D eigenvalue weighted by atomic mass is 16.5. The van der Waals surface area contributed by atoms with E-state index in [0.717, 1.165) is 29.9 Å². The molecule has 0 radical (unpaired) electrons. The quantitative estimate of drug-likeness (QED) is 0.634. The van der Waals surface area contributed by atoms with Crippen LogP contribution in [0.1, 0.15) is 45.4 Å². The minimum Gasteiger partial charge on any atom is -0.497 e. The molecular formula is C24H24N2O5. The zero-order chi connectivity index (χ0) is 21.8. The van der Waals surface area contributed by atoms with Gasteiger partial charge >= 0.3 is 0 Å². The molecule has 0 aliphatic carbocycles. The molecule has 2 aromatic carbocycles. The number of nitrogens with zero attached hydrogens (tertiary/aromatic N) is 1. The number of methoxy groups -OCH3 is 2. The molecule has 1 unspecified atom stereocenters. The van der Waals surface area contributed by atoms with Crippen molar-refractivity contribution in [3.05, 3.63) is 77.7 Å². The van der Waals surface area contributed by atoms with Crippen LogP contribution in [0.5, 0.6) is 11.5 Å². The Labute approximate surface area is 180 Å². The third-order valence-corrected chi connectivity index (χ3v) is 5.44. The van der Waals surface area contributed by atoms with Crippen LogP contribution in [0.2, 0.25) is 0 Å². The lowest BCUT2D eigenvalue weighted by atomic mass is 10.0. The van der Waals surface area contributed by atoms with E-state index in [0.29, 0.717) is 17.8 Å². The molecule has 4 rings (SSSR count). The Kier molecular flexibility index (Phi) is 5.93. The third-order valence-electron chi connectivity index (χ3n) is 5.44. The third kappa shape index (κ3) is 4.26. The normalized spacial score (nSPS) is 15.5. The second-order valence-electron chi connectivity index (χ2n) is 7.27. The highest BCUT2D eigenvalue weighted by molar-refractivity contribution is 6.02. The Morgan fingerprint density at radius 2 is 1.87 bits per heavy atom. The molecule has 0 bridgehead atoms. The van der Waals surface area contributed by atoms with Gasteiger partial charge in [0, 0.05) is 23.4 Å². The second kappa shape index (κ2) is 8.95. The second-order valence-corrected chi connectivity index (χ2v) is 7.27. The number of hydrogen-bond acceptors (Lipinski definition) is 5. The van der Waals surface area contributed by atoms with Crippen LogP contribution in [-0.2, 0) is 0 Å². The Morgan fingerprint density at radius 3 is 2.55 bits per heavy atom. The van der Waals surface area contributed by atoms with Gasteiger partial charge in [-0.05, 0) is 67.4 Å². The lowest BCUT2D eigenvalue weighted by Crippen LogP contribution is -2.30. The minimum absolute atomic E-state index is 0.0590. The summed E-state index contributed by atoms with van der Waals surface area (Å²) in [7, 11) is 3.25. The number of amides is 2. The van der Waals surface area contributed by atoms with Gasteiger partial charge in [0.2, 0.25) is 0 Å². The monoisotopic (exact) mass is 420 g/mol. The number of likely N-dealkylation sites (tertiary alicyclic amines) is 1. The van der Waals surface area contributed by atoms with Crippen molar-refractivity contribution in [1.29, 1.82) is 0 Å². The topological polar surface area (TPSA) is 81.0 Å². The fourth-order valence-electron chi connectivity index (χ4n) is 3.90. The summed E-state index contributed by atoms with van der Waals surface area (Å²) in [5, 5.41) is 2.75. The van der Waals surface area contributed by atoms with E-state index in [-0.39, 0.29) is 23.6 Å². The van der Waals surface area contributed by atoms with Crippen LogP contribution in [0.15, 0.2) is 65.3 Å². The number of rotatable bonds is 6. The molecule has 0 spiro atoms. The summed E-state index contributed by atoms with van der Waals surface area (Å²) < 4.78 is 16.0. The van der Waals surface area contributed by atoms with Gasteiger partial charge in [0.25, 0.3) is 11.8 Å². The summed E-state index contributed by atoms with van der Waals surface area (Å²) in [5.41, 5.74) is 2.09. The Balaban J connectivity index is 1.52. The summed E-state index contributed by atoms with van der Waals surface area (Å²) in [6.07, 6.45) is 3.21. The van der Waals surface area contributed by atoms with Crippen molar-refractivity contribution < 1.29 is 23.5 Å². The molecule has 31 heavy (non-hydrogen) atoms. The van der Waals surface area contributed by atoms with E-state index < -0.39 is 0 Å². The number of hydrogen-bond donors (Lipinski definition) is 1. The lowest BCUT2D eigenvalue weighted by molar-refractivity contribution is 0.0734. The summed E-state index contributed by atoms with van der Waals surface area (Å²) in [4.78, 5) is 27.2. The highest BCUT2D eigenvalue weighted by Gasteiger charge is 2.32. The van der Waals surface area contributed by atoms with E-state index in [9.17, 15) is 9.59 Å². The maximum absolute atomic E-state index is 13.3. The Morgan fingerprint density at radius 1 is 1.06 bits per heavy atom. The molecule has 3 aromatic rings. The maximum Gasteiger partial charge on any atom is 0.291 e. The average molecular weight is 420 g/mol. The van der Waals surface area contributed by atoms with Gasteiger partial charge in [-0.25, -0.2) is 0 Å². The number of benzene rings is 2. The van der Waals surface area contributed by atoms with Gasteiger partial charge in [-0.3, -0.25) is 9.59 Å². The molecule has 2 heterocycles. The van der Waals surface area contributed by atoms with Crippen LogP contribution in [0.4, 0.5) is 5.69 Å². The first-order valence-corrected chi connectivity index (χ1v) is 10.1. The van der Waals surface area contributed by atoms with Crippen molar-refractivity contribution in [3.63, 3.8) is 0 Å². The molecule has 7 nitrogen and oxygen atoms in total. The van der Waals surface area contributed by atoms with Crippen LogP contribution in [-0.4, -0.2) is 37.5 Å². The van der Waals surface area contributed by atoms with Crippen LogP contribution >= 0.6 is 0 Å². The number of carbonyl (C=O) groups is 2. The number of ether oxygens (including phenoxy) is 2. The van der Waals surface area contributed by atoms with Crippen LogP contribution in [0.3, 0.4) is 0 Å². The molecule has 1 fully saturated rings. The van der Waals surface area contributed by atoms with Crippen LogP contribution < -0.4 is 14.8 Å². The number of anilines is 1. The first kappa shape index (κ1) is 20.5. The predicted molar refractivity (Wildman–Crippen MR) is 116 cm³/mol. The van der Waals surface area contributed by atoms with E-state index in [1.165, 1.54) is 6.26 Å². The van der Waals surface area contributed by atoms with Gasteiger partial charge in [0.15, 0.2) is 5.76 Å². The number of furan rings is 1. The standard InChI is InChI=1S/C24H24N2O5/c1-29-18-11-12-21(30-2)19(15-18)20-5-3-13-26(20)24(28)16-7-9-17(10-8-16)25-23(27)22-6-4-14-31-22/h4,6-12,14-15,20H,3,5,13H2,1-2H3,(H,25,27). The largest absolute Gasteiger partial charge is 0.497 e. The Bertz CT molecular complexity index is 1060. The summed E-state index contributed by atoms with van der Waals surface area (Å²) >= 11 is 0. The predicted octanol–water partition coefficient (Wildman–Crippen LogP) is 4.53. The SMILES string of the molecule is COc1ccc(OC)c(C2CCCN2C(=O)c2ccc(NC(=O)c3ccco3)cc2)c1. The lowest BCUT2D eigenvalue weighted by Gasteiger charge is -2.27. The van der Waals surface area contributed by atoms with Crippen molar-refractivity contribution in [3.8, 4) is 11.5 Å². The average Bonchev–Trinajstić information content (AvgIpc) is 3.51. The molecule has 7 heteroatoms.